The quantitative estimate of drug-likeness (QED) is 0.869. The first kappa shape index (κ1) is 12.9. The molecular weight excluding hydrogens is 272 g/mol. The van der Waals surface area contributed by atoms with E-state index < -0.39 is 10.0 Å². The first-order valence-electron chi connectivity index (χ1n) is 5.09. The van der Waals surface area contributed by atoms with Crippen LogP contribution in [0.1, 0.15) is 10.7 Å². The second-order valence-electron chi connectivity index (χ2n) is 3.60. The van der Waals surface area contributed by atoms with Gasteiger partial charge in [-0.05, 0) is 13.0 Å². The number of pyridine rings is 1. The molecule has 0 aliphatic heterocycles. The number of aromatic nitrogens is 2. The summed E-state index contributed by atoms with van der Waals surface area (Å²) in [4.78, 5) is 8.03. The van der Waals surface area contributed by atoms with E-state index in [9.17, 15) is 8.42 Å². The number of anilines is 1. The Balaban J connectivity index is 2.13. The van der Waals surface area contributed by atoms with Crippen molar-refractivity contribution < 1.29 is 8.42 Å². The second kappa shape index (κ2) is 5.01. The maximum Gasteiger partial charge on any atom is 0.241 e. The van der Waals surface area contributed by atoms with Gasteiger partial charge >= 0.3 is 0 Å². The highest BCUT2D eigenvalue weighted by molar-refractivity contribution is 7.89. The van der Waals surface area contributed by atoms with E-state index in [4.69, 9.17) is 5.73 Å². The van der Waals surface area contributed by atoms with Crippen LogP contribution in [0.5, 0.6) is 0 Å². The minimum absolute atomic E-state index is 0.0990. The monoisotopic (exact) mass is 284 g/mol. The van der Waals surface area contributed by atoms with Crippen molar-refractivity contribution in [2.75, 3.05) is 5.73 Å². The fourth-order valence-electron chi connectivity index (χ4n) is 1.34. The second-order valence-corrected chi connectivity index (χ2v) is 6.43. The third-order valence-corrected chi connectivity index (χ3v) is 4.39. The Labute approximate surface area is 109 Å². The molecule has 0 radical (unpaired) electrons. The molecule has 0 amide bonds. The molecule has 0 saturated heterocycles. The Bertz CT molecular complexity index is 651. The summed E-state index contributed by atoms with van der Waals surface area (Å²) in [5, 5.41) is 2.72. The number of hydrogen-bond donors (Lipinski definition) is 2. The maximum atomic E-state index is 11.9. The minimum Gasteiger partial charge on any atom is -0.384 e. The van der Waals surface area contributed by atoms with E-state index in [0.29, 0.717) is 5.69 Å². The predicted molar refractivity (Wildman–Crippen MR) is 69.5 cm³/mol. The first-order valence-corrected chi connectivity index (χ1v) is 7.46. The lowest BCUT2D eigenvalue weighted by Crippen LogP contribution is -2.23. The topological polar surface area (TPSA) is 98.0 Å². The van der Waals surface area contributed by atoms with Crippen molar-refractivity contribution in [2.24, 2.45) is 0 Å². The van der Waals surface area contributed by atoms with Crippen LogP contribution in [-0.2, 0) is 16.6 Å². The number of rotatable bonds is 4. The van der Waals surface area contributed by atoms with Gasteiger partial charge in [-0.25, -0.2) is 23.1 Å². The zero-order valence-electron chi connectivity index (χ0n) is 9.62. The molecule has 2 aromatic heterocycles. The highest BCUT2D eigenvalue weighted by atomic mass is 32.2. The van der Waals surface area contributed by atoms with Gasteiger partial charge in [0.15, 0.2) is 0 Å². The van der Waals surface area contributed by atoms with Crippen LogP contribution >= 0.6 is 11.3 Å². The Hall–Kier alpha value is -1.51. The third kappa shape index (κ3) is 3.03. The third-order valence-electron chi connectivity index (χ3n) is 2.17. The molecule has 8 heteroatoms. The van der Waals surface area contributed by atoms with Gasteiger partial charge in [-0.3, -0.25) is 0 Å². The highest BCUT2D eigenvalue weighted by Crippen LogP contribution is 2.12. The number of thiazole rings is 1. The van der Waals surface area contributed by atoms with Gasteiger partial charge in [0.2, 0.25) is 10.0 Å². The van der Waals surface area contributed by atoms with Crippen LogP contribution in [0.2, 0.25) is 0 Å². The molecule has 0 bridgehead atoms. The van der Waals surface area contributed by atoms with Crippen molar-refractivity contribution in [1.29, 1.82) is 0 Å². The molecular formula is C10H12N4O2S2. The fourth-order valence-corrected chi connectivity index (χ4v) is 2.97. The largest absolute Gasteiger partial charge is 0.384 e. The van der Waals surface area contributed by atoms with E-state index in [1.807, 2.05) is 12.3 Å². The van der Waals surface area contributed by atoms with Crippen LogP contribution in [0.25, 0.3) is 0 Å². The lowest BCUT2D eigenvalue weighted by atomic mass is 10.5. The zero-order valence-corrected chi connectivity index (χ0v) is 11.3. The van der Waals surface area contributed by atoms with Crippen LogP contribution < -0.4 is 10.5 Å². The Morgan fingerprint density at radius 3 is 2.89 bits per heavy atom. The van der Waals surface area contributed by atoms with Crippen molar-refractivity contribution in [3.63, 3.8) is 0 Å². The molecule has 0 aromatic carbocycles. The Morgan fingerprint density at radius 2 is 2.28 bits per heavy atom. The molecule has 0 atom stereocenters. The number of nitrogens with two attached hydrogens (primary N) is 1. The van der Waals surface area contributed by atoms with Gasteiger partial charge in [-0.1, -0.05) is 0 Å². The summed E-state index contributed by atoms with van der Waals surface area (Å²) < 4.78 is 26.4. The molecule has 6 nitrogen and oxygen atoms in total. The van der Waals surface area contributed by atoms with Gasteiger partial charge in [-0.2, -0.15) is 0 Å². The van der Waals surface area contributed by atoms with E-state index in [0.717, 1.165) is 5.01 Å². The Kier molecular flexibility index (Phi) is 3.60. The van der Waals surface area contributed by atoms with Crippen molar-refractivity contribution in [1.82, 2.24) is 14.7 Å². The van der Waals surface area contributed by atoms with E-state index in [-0.39, 0.29) is 17.3 Å². The van der Waals surface area contributed by atoms with Gasteiger partial charge in [0.05, 0.1) is 22.1 Å². The van der Waals surface area contributed by atoms with Gasteiger partial charge in [-0.15, -0.1) is 11.3 Å². The molecule has 0 aliphatic rings. The summed E-state index contributed by atoms with van der Waals surface area (Å²) >= 11 is 1.48. The number of aryl methyl sites for hydroxylation is 1. The molecule has 2 rings (SSSR count). The molecule has 18 heavy (non-hydrogen) atoms. The van der Waals surface area contributed by atoms with Crippen LogP contribution in [0.3, 0.4) is 0 Å². The van der Waals surface area contributed by atoms with E-state index >= 15 is 0 Å². The molecule has 2 aromatic rings. The van der Waals surface area contributed by atoms with E-state index in [2.05, 4.69) is 14.7 Å². The average molecular weight is 284 g/mol. The van der Waals surface area contributed by atoms with Crippen molar-refractivity contribution >= 4 is 27.2 Å². The normalized spacial score (nSPS) is 11.6. The summed E-state index contributed by atoms with van der Waals surface area (Å²) in [6.45, 7) is 2.03. The molecule has 3 N–H and O–H groups in total. The zero-order chi connectivity index (χ0) is 13.2. The van der Waals surface area contributed by atoms with Crippen molar-refractivity contribution in [2.45, 2.75) is 18.4 Å². The molecule has 0 fully saturated rings. The van der Waals surface area contributed by atoms with Gasteiger partial charge < -0.3 is 5.73 Å². The fraction of sp³-hybridized carbons (Fsp3) is 0.200. The molecule has 2 heterocycles. The van der Waals surface area contributed by atoms with Gasteiger partial charge in [0.1, 0.15) is 5.82 Å². The lowest BCUT2D eigenvalue weighted by molar-refractivity contribution is 0.580. The lowest BCUT2D eigenvalue weighted by Gasteiger charge is -2.05. The van der Waals surface area contributed by atoms with Crippen molar-refractivity contribution in [3.8, 4) is 0 Å². The van der Waals surface area contributed by atoms with Crippen molar-refractivity contribution in [3.05, 3.63) is 34.4 Å². The van der Waals surface area contributed by atoms with E-state index in [1.54, 1.807) is 0 Å². The maximum absolute atomic E-state index is 11.9. The molecule has 0 unspecified atom stereocenters. The summed E-state index contributed by atoms with van der Waals surface area (Å²) in [7, 11) is -3.58. The highest BCUT2D eigenvalue weighted by Gasteiger charge is 2.14. The summed E-state index contributed by atoms with van der Waals surface area (Å²) in [6, 6.07) is 2.71. The van der Waals surface area contributed by atoms with E-state index in [1.165, 1.54) is 29.7 Å². The molecule has 96 valence electrons. The van der Waals surface area contributed by atoms with Crippen LogP contribution in [-0.4, -0.2) is 18.4 Å². The summed E-state index contributed by atoms with van der Waals surface area (Å²) in [5.41, 5.74) is 6.15. The number of nitrogens with one attached hydrogen (secondary N) is 1. The number of hydrogen-bond acceptors (Lipinski definition) is 6. The number of sulfonamides is 1. The van der Waals surface area contributed by atoms with Crippen LogP contribution in [0.4, 0.5) is 5.82 Å². The predicted octanol–water partition coefficient (Wildman–Crippen LogP) is 0.907. The van der Waals surface area contributed by atoms with Crippen LogP contribution in [0, 0.1) is 6.92 Å². The van der Waals surface area contributed by atoms with Gasteiger partial charge in [0, 0.05) is 17.6 Å². The first-order chi connectivity index (χ1) is 8.47. The smallest absolute Gasteiger partial charge is 0.241 e. The average Bonchev–Trinajstić information content (AvgIpc) is 2.73. The standard InChI is InChI=1S/C10H12N4O2S2/c1-7-14-8(6-17-7)5-13-18(15,16)9-2-3-12-10(11)4-9/h2-4,6,13H,5H2,1H3,(H2,11,12). The number of nitrogens with zero attached hydrogens (tertiary/aromatic N) is 2. The molecule has 0 saturated carbocycles. The number of nitrogen functional groups attached to an aromatic ring is 1. The summed E-state index contributed by atoms with van der Waals surface area (Å²) in [6.07, 6.45) is 1.36. The van der Waals surface area contributed by atoms with Crippen LogP contribution in [0.15, 0.2) is 28.6 Å². The minimum atomic E-state index is -3.58. The summed E-state index contributed by atoms with van der Waals surface area (Å²) in [5.74, 6) is 0.169. The van der Waals surface area contributed by atoms with Gasteiger partial charge in [0.25, 0.3) is 0 Å². The molecule has 0 aliphatic carbocycles. The SMILES string of the molecule is Cc1nc(CNS(=O)(=O)c2ccnc(N)c2)cs1. The molecule has 0 spiro atoms. The Morgan fingerprint density at radius 1 is 1.50 bits per heavy atom.